The lowest BCUT2D eigenvalue weighted by Gasteiger charge is -2.44. The molecule has 2 aliphatic rings. The van der Waals surface area contributed by atoms with E-state index in [2.05, 4.69) is 16.0 Å². The first-order chi connectivity index (χ1) is 28.7. The van der Waals surface area contributed by atoms with Crippen molar-refractivity contribution in [1.29, 1.82) is 0 Å². The SMILES string of the molecule is CC(C)C[C@H](NC(=O)[C@H](CC(=O)OCc1ccccc1)NC(=O)[C@@H]1[C@@H](C(=O)N2CCCC2)CCCN1C(=O)[C@@H](NC(=O)OC(C)(C)C)C(C)(C)C)C(=O)OCc1ccccc1. The van der Waals surface area contributed by atoms with E-state index >= 15 is 0 Å². The number of hydrogen-bond donors (Lipinski definition) is 3. The number of ether oxygens (including phenoxy) is 3. The number of esters is 2. The lowest BCUT2D eigenvalue weighted by atomic mass is 9.82. The van der Waals surface area contributed by atoms with Crippen LogP contribution in [0.4, 0.5) is 4.79 Å². The quantitative estimate of drug-likeness (QED) is 0.152. The Morgan fingerprint density at radius 2 is 1.30 bits per heavy atom. The number of carbonyl (C=O) groups excluding carboxylic acids is 7. The fraction of sp³-hybridized carbons (Fsp3) is 0.587. The molecule has 5 amide bonds. The third kappa shape index (κ3) is 14.9. The molecule has 0 bridgehead atoms. The summed E-state index contributed by atoms with van der Waals surface area (Å²) < 4.78 is 16.6. The van der Waals surface area contributed by atoms with Gasteiger partial charge in [-0.15, -0.1) is 0 Å². The lowest BCUT2D eigenvalue weighted by molar-refractivity contribution is -0.156. The zero-order valence-corrected chi connectivity index (χ0v) is 37.0. The van der Waals surface area contributed by atoms with Crippen LogP contribution in [0.25, 0.3) is 0 Å². The van der Waals surface area contributed by atoms with E-state index in [1.165, 1.54) is 4.90 Å². The summed E-state index contributed by atoms with van der Waals surface area (Å²) in [6.07, 6.45) is 0.984. The third-order valence-corrected chi connectivity index (χ3v) is 10.5. The van der Waals surface area contributed by atoms with Gasteiger partial charge < -0.3 is 40.0 Å². The molecule has 2 aliphatic heterocycles. The molecular formula is C46H65N5O10. The van der Waals surface area contributed by atoms with Crippen LogP contribution in [0.3, 0.4) is 0 Å². The predicted octanol–water partition coefficient (Wildman–Crippen LogP) is 5.05. The van der Waals surface area contributed by atoms with Crippen LogP contribution < -0.4 is 16.0 Å². The summed E-state index contributed by atoms with van der Waals surface area (Å²) in [5, 5.41) is 8.11. The standard InChI is InChI=1S/C46H65N5O10/c1-30(2)26-35(43(57)60-29-32-20-13-10-14-21-32)48-39(53)34(27-36(52)59-28-31-18-11-9-12-19-31)47-40(54)37-33(41(55)50-23-15-16-24-50)22-17-25-51(37)42(56)38(45(3,4)5)49-44(58)61-46(6,7)8/h9-14,18-21,30,33-35,37-38H,15-17,22-29H2,1-8H3,(H,47,54)(H,48,53)(H,49,58)/t33-,34-,35-,37-,38+/m0/s1. The van der Waals surface area contributed by atoms with Crippen molar-refractivity contribution in [2.24, 2.45) is 17.3 Å². The normalized spacial score (nSPS) is 18.3. The van der Waals surface area contributed by atoms with Crippen LogP contribution >= 0.6 is 0 Å². The number of nitrogens with one attached hydrogen (secondary N) is 3. The van der Waals surface area contributed by atoms with Gasteiger partial charge in [0.05, 0.1) is 12.3 Å². The molecule has 2 saturated heterocycles. The van der Waals surface area contributed by atoms with Gasteiger partial charge >= 0.3 is 18.0 Å². The molecule has 0 radical (unpaired) electrons. The van der Waals surface area contributed by atoms with Gasteiger partial charge in [-0.2, -0.15) is 0 Å². The zero-order chi connectivity index (χ0) is 44.9. The molecule has 0 aromatic heterocycles. The van der Waals surface area contributed by atoms with Gasteiger partial charge in [-0.25, -0.2) is 9.59 Å². The van der Waals surface area contributed by atoms with Crippen LogP contribution in [-0.2, 0) is 56.2 Å². The second kappa shape index (κ2) is 21.9. The molecule has 2 fully saturated rings. The predicted molar refractivity (Wildman–Crippen MR) is 227 cm³/mol. The van der Waals surface area contributed by atoms with E-state index in [1.54, 1.807) is 82.8 Å². The first-order valence-electron chi connectivity index (χ1n) is 21.3. The molecule has 15 nitrogen and oxygen atoms in total. The summed E-state index contributed by atoms with van der Waals surface area (Å²) in [4.78, 5) is 101. The number of hydrogen-bond acceptors (Lipinski definition) is 10. The van der Waals surface area contributed by atoms with E-state index in [0.29, 0.717) is 25.1 Å². The zero-order valence-electron chi connectivity index (χ0n) is 37.0. The van der Waals surface area contributed by atoms with E-state index in [0.717, 1.165) is 18.4 Å². The first kappa shape index (κ1) is 48.2. The van der Waals surface area contributed by atoms with Gasteiger partial charge in [0.15, 0.2) is 0 Å². The molecular weight excluding hydrogens is 783 g/mol. The van der Waals surface area contributed by atoms with E-state index < -0.39 is 83.3 Å². The smallest absolute Gasteiger partial charge is 0.408 e. The van der Waals surface area contributed by atoms with Crippen LogP contribution in [0, 0.1) is 17.3 Å². The number of alkyl carbamates (subject to hydrolysis) is 1. The Kier molecular flexibility index (Phi) is 17.3. The van der Waals surface area contributed by atoms with E-state index in [9.17, 15) is 33.6 Å². The summed E-state index contributed by atoms with van der Waals surface area (Å²) in [7, 11) is 0. The number of amides is 5. The van der Waals surface area contributed by atoms with Gasteiger partial charge in [-0.05, 0) is 75.3 Å². The number of benzene rings is 2. The summed E-state index contributed by atoms with van der Waals surface area (Å²) in [5.74, 6) is -5.19. The number of carbonyl (C=O) groups is 7. The molecule has 5 atom stereocenters. The van der Waals surface area contributed by atoms with Gasteiger partial charge in [0.2, 0.25) is 23.6 Å². The minimum atomic E-state index is -1.59. The topological polar surface area (TPSA) is 190 Å². The highest BCUT2D eigenvalue weighted by molar-refractivity contribution is 5.99. The highest BCUT2D eigenvalue weighted by atomic mass is 16.6. The minimum absolute atomic E-state index is 0.0353. The second-order valence-electron chi connectivity index (χ2n) is 18.4. The Morgan fingerprint density at radius 3 is 1.84 bits per heavy atom. The van der Waals surface area contributed by atoms with Crippen LogP contribution in [0.5, 0.6) is 0 Å². The van der Waals surface area contributed by atoms with Crippen molar-refractivity contribution in [3.8, 4) is 0 Å². The Bertz CT molecular complexity index is 1820. The van der Waals surface area contributed by atoms with Crippen LogP contribution in [0.15, 0.2) is 60.7 Å². The number of piperidine rings is 1. The van der Waals surface area contributed by atoms with Crippen molar-refractivity contribution in [2.45, 2.75) is 137 Å². The van der Waals surface area contributed by atoms with Crippen molar-refractivity contribution in [3.05, 3.63) is 71.8 Å². The molecule has 61 heavy (non-hydrogen) atoms. The molecule has 4 rings (SSSR count). The highest BCUT2D eigenvalue weighted by Gasteiger charge is 2.49. The van der Waals surface area contributed by atoms with Gasteiger partial charge in [-0.3, -0.25) is 24.0 Å². The monoisotopic (exact) mass is 847 g/mol. The maximum Gasteiger partial charge on any atom is 0.408 e. The van der Waals surface area contributed by atoms with Crippen molar-refractivity contribution in [1.82, 2.24) is 25.8 Å². The fourth-order valence-electron chi connectivity index (χ4n) is 7.45. The van der Waals surface area contributed by atoms with E-state index in [-0.39, 0.29) is 44.4 Å². The summed E-state index contributed by atoms with van der Waals surface area (Å²) in [6, 6.07) is 12.7. The lowest BCUT2D eigenvalue weighted by Crippen LogP contribution is -2.65. The number of nitrogens with zero attached hydrogens (tertiary/aromatic N) is 2. The van der Waals surface area contributed by atoms with Gasteiger partial charge in [0.25, 0.3) is 0 Å². The fourth-order valence-corrected chi connectivity index (χ4v) is 7.45. The largest absolute Gasteiger partial charge is 0.461 e. The maximum absolute atomic E-state index is 14.8. The molecule has 0 unspecified atom stereocenters. The van der Waals surface area contributed by atoms with E-state index in [4.69, 9.17) is 14.2 Å². The Balaban J connectivity index is 1.68. The molecule has 0 spiro atoms. The van der Waals surface area contributed by atoms with Crippen molar-refractivity contribution in [3.63, 3.8) is 0 Å². The Hall–Kier alpha value is -5.47. The second-order valence-corrected chi connectivity index (χ2v) is 18.4. The van der Waals surface area contributed by atoms with Gasteiger partial charge in [-0.1, -0.05) is 95.3 Å². The van der Waals surface area contributed by atoms with Crippen molar-refractivity contribution < 1.29 is 47.8 Å². The maximum atomic E-state index is 14.8. The molecule has 2 aromatic carbocycles. The summed E-state index contributed by atoms with van der Waals surface area (Å²) in [5.41, 5.74) is -0.281. The average Bonchev–Trinajstić information content (AvgIpc) is 3.75. The van der Waals surface area contributed by atoms with E-state index in [1.807, 2.05) is 38.1 Å². The first-order valence-corrected chi connectivity index (χ1v) is 21.3. The van der Waals surface area contributed by atoms with Gasteiger partial charge in [0.1, 0.15) is 43.0 Å². The minimum Gasteiger partial charge on any atom is -0.461 e. The number of likely N-dealkylation sites (tertiary alicyclic amines) is 2. The molecule has 3 N–H and O–H groups in total. The molecule has 0 aliphatic carbocycles. The summed E-state index contributed by atoms with van der Waals surface area (Å²) >= 11 is 0. The molecule has 15 heteroatoms. The van der Waals surface area contributed by atoms with Crippen molar-refractivity contribution in [2.75, 3.05) is 19.6 Å². The summed E-state index contributed by atoms with van der Waals surface area (Å²) in [6.45, 7) is 15.1. The van der Waals surface area contributed by atoms with Gasteiger partial charge in [0, 0.05) is 19.6 Å². The van der Waals surface area contributed by atoms with Crippen LogP contribution in [0.2, 0.25) is 0 Å². The Morgan fingerprint density at radius 1 is 0.721 bits per heavy atom. The highest BCUT2D eigenvalue weighted by Crippen LogP contribution is 2.31. The van der Waals surface area contributed by atoms with Crippen LogP contribution in [-0.4, -0.2) is 101 Å². The molecule has 0 saturated carbocycles. The average molecular weight is 848 g/mol. The van der Waals surface area contributed by atoms with Crippen LogP contribution in [0.1, 0.15) is 105 Å². The molecule has 2 aromatic rings. The van der Waals surface area contributed by atoms with Crippen molar-refractivity contribution >= 4 is 41.7 Å². The third-order valence-electron chi connectivity index (χ3n) is 10.5. The molecule has 2 heterocycles. The molecule has 334 valence electrons. The Labute approximate surface area is 360 Å². The number of rotatable bonds is 16.